The molecule has 1 saturated carbocycles. The summed E-state index contributed by atoms with van der Waals surface area (Å²) in [5.74, 6) is 0.292. The lowest BCUT2D eigenvalue weighted by atomic mass is 9.94. The monoisotopic (exact) mass is 385 g/mol. The van der Waals surface area contributed by atoms with Crippen LogP contribution in [-0.2, 0) is 10.3 Å². The molecule has 5 nitrogen and oxygen atoms in total. The van der Waals surface area contributed by atoms with Crippen molar-refractivity contribution in [2.24, 2.45) is 5.92 Å². The maximum absolute atomic E-state index is 12.1. The maximum Gasteiger partial charge on any atom is 0.315 e. The molecule has 1 aliphatic carbocycles. The van der Waals surface area contributed by atoms with E-state index < -0.39 is 5.54 Å². The van der Waals surface area contributed by atoms with Crippen molar-refractivity contribution in [2.75, 3.05) is 13.1 Å². The van der Waals surface area contributed by atoms with Crippen molar-refractivity contribution in [1.29, 1.82) is 0 Å². The van der Waals surface area contributed by atoms with Crippen LogP contribution in [0.15, 0.2) is 18.2 Å². The van der Waals surface area contributed by atoms with Crippen LogP contribution >= 0.6 is 23.2 Å². The van der Waals surface area contributed by atoms with E-state index in [1.807, 2.05) is 19.9 Å². The van der Waals surface area contributed by atoms with Gasteiger partial charge >= 0.3 is 6.03 Å². The molecular weight excluding hydrogens is 361 g/mol. The lowest BCUT2D eigenvalue weighted by Gasteiger charge is -2.27. The van der Waals surface area contributed by atoms with Crippen molar-refractivity contribution in [2.45, 2.75) is 45.1 Å². The number of rotatable bonds is 6. The lowest BCUT2D eigenvalue weighted by Crippen LogP contribution is -2.48. The Kier molecular flexibility index (Phi) is 6.96. The summed E-state index contributed by atoms with van der Waals surface area (Å²) in [6, 6.07) is 4.93. The van der Waals surface area contributed by atoms with Gasteiger partial charge in [0.05, 0.1) is 22.1 Å². The highest BCUT2D eigenvalue weighted by Crippen LogP contribution is 2.28. The van der Waals surface area contributed by atoms with E-state index in [0.717, 1.165) is 5.56 Å². The Balaban J connectivity index is 1.77. The van der Waals surface area contributed by atoms with E-state index in [1.54, 1.807) is 12.1 Å². The average molecular weight is 386 g/mol. The minimum Gasteiger partial charge on any atom is -0.346 e. The zero-order chi connectivity index (χ0) is 18.4. The van der Waals surface area contributed by atoms with E-state index in [-0.39, 0.29) is 18.5 Å². The molecule has 1 fully saturated rings. The maximum atomic E-state index is 12.1. The molecule has 0 aromatic heterocycles. The Morgan fingerprint density at radius 3 is 2.44 bits per heavy atom. The predicted molar refractivity (Wildman–Crippen MR) is 101 cm³/mol. The number of nitrogens with one attached hydrogen (secondary N) is 3. The Hall–Kier alpha value is -1.46. The van der Waals surface area contributed by atoms with Gasteiger partial charge in [-0.1, -0.05) is 42.1 Å². The first-order valence-corrected chi connectivity index (χ1v) is 9.32. The van der Waals surface area contributed by atoms with Gasteiger partial charge in [-0.25, -0.2) is 4.79 Å². The third kappa shape index (κ3) is 6.08. The zero-order valence-electron chi connectivity index (χ0n) is 14.6. The molecular formula is C18H25Cl2N3O2. The second-order valence-electron chi connectivity index (χ2n) is 7.02. The number of halogens is 2. The summed E-state index contributed by atoms with van der Waals surface area (Å²) in [6.45, 7) is 4.32. The molecule has 0 bridgehead atoms. The van der Waals surface area contributed by atoms with E-state index >= 15 is 0 Å². The first kappa shape index (κ1) is 19.9. The van der Waals surface area contributed by atoms with Gasteiger partial charge < -0.3 is 16.0 Å². The first-order chi connectivity index (χ1) is 11.8. The van der Waals surface area contributed by atoms with Gasteiger partial charge in [0.25, 0.3) is 0 Å². The summed E-state index contributed by atoms with van der Waals surface area (Å²) >= 11 is 12.0. The Bertz CT molecular complexity index is 629. The molecule has 1 aromatic carbocycles. The van der Waals surface area contributed by atoms with Crippen LogP contribution in [0, 0.1) is 5.92 Å². The van der Waals surface area contributed by atoms with Crippen LogP contribution < -0.4 is 16.0 Å². The van der Waals surface area contributed by atoms with Crippen molar-refractivity contribution < 1.29 is 9.59 Å². The minimum atomic E-state index is -0.632. The second kappa shape index (κ2) is 8.77. The molecule has 0 radical (unpaired) electrons. The summed E-state index contributed by atoms with van der Waals surface area (Å²) in [4.78, 5) is 23.9. The van der Waals surface area contributed by atoms with Crippen LogP contribution in [0.4, 0.5) is 4.79 Å². The highest BCUT2D eigenvalue weighted by atomic mass is 35.5. The predicted octanol–water partition coefficient (Wildman–Crippen LogP) is 3.83. The number of urea groups is 1. The molecule has 0 unspecified atom stereocenters. The van der Waals surface area contributed by atoms with Crippen LogP contribution in [0.2, 0.25) is 10.0 Å². The molecule has 7 heteroatoms. The molecule has 0 aliphatic heterocycles. The molecule has 3 N–H and O–H groups in total. The molecule has 0 atom stereocenters. The van der Waals surface area contributed by atoms with Crippen LogP contribution in [0.1, 0.15) is 45.1 Å². The van der Waals surface area contributed by atoms with E-state index in [1.165, 1.54) is 25.7 Å². The zero-order valence-corrected chi connectivity index (χ0v) is 16.1. The molecule has 2 rings (SSSR count). The Morgan fingerprint density at radius 1 is 1.12 bits per heavy atom. The van der Waals surface area contributed by atoms with E-state index in [0.29, 0.717) is 22.5 Å². The van der Waals surface area contributed by atoms with Gasteiger partial charge in [-0.05, 0) is 50.3 Å². The van der Waals surface area contributed by atoms with Gasteiger partial charge in [0.1, 0.15) is 0 Å². The van der Waals surface area contributed by atoms with Crippen molar-refractivity contribution in [3.05, 3.63) is 33.8 Å². The number of benzene rings is 1. The second-order valence-corrected chi connectivity index (χ2v) is 7.83. The number of hydrogen-bond donors (Lipinski definition) is 3. The van der Waals surface area contributed by atoms with Crippen LogP contribution in [-0.4, -0.2) is 25.0 Å². The van der Waals surface area contributed by atoms with Crippen LogP contribution in [0.3, 0.4) is 0 Å². The Labute approximate surface area is 158 Å². The summed E-state index contributed by atoms with van der Waals surface area (Å²) in [7, 11) is 0. The number of hydrogen-bond acceptors (Lipinski definition) is 2. The molecule has 1 aromatic rings. The van der Waals surface area contributed by atoms with Crippen molar-refractivity contribution in [1.82, 2.24) is 16.0 Å². The van der Waals surface area contributed by atoms with Crippen molar-refractivity contribution in [3.8, 4) is 0 Å². The van der Waals surface area contributed by atoms with E-state index in [2.05, 4.69) is 16.0 Å². The van der Waals surface area contributed by atoms with E-state index in [9.17, 15) is 9.59 Å². The summed E-state index contributed by atoms with van der Waals surface area (Å²) < 4.78 is 0. The van der Waals surface area contributed by atoms with Gasteiger partial charge in [-0.3, -0.25) is 4.79 Å². The van der Waals surface area contributed by atoms with E-state index in [4.69, 9.17) is 23.2 Å². The fourth-order valence-corrected chi connectivity index (χ4v) is 3.32. The van der Waals surface area contributed by atoms with Crippen molar-refractivity contribution >= 4 is 35.1 Å². The summed E-state index contributed by atoms with van der Waals surface area (Å²) in [6.07, 6.45) is 4.80. The molecule has 0 spiro atoms. The smallest absolute Gasteiger partial charge is 0.315 e. The SMILES string of the molecule is CC(C)(NC(=O)CNC(=O)NCC1CCCC1)c1ccc(Cl)c(Cl)c1. The molecule has 0 heterocycles. The van der Waals surface area contributed by atoms with Gasteiger partial charge in [-0.2, -0.15) is 0 Å². The van der Waals surface area contributed by atoms with Crippen molar-refractivity contribution in [3.63, 3.8) is 0 Å². The fourth-order valence-electron chi connectivity index (χ4n) is 3.02. The molecule has 25 heavy (non-hydrogen) atoms. The minimum absolute atomic E-state index is 0.0821. The number of amides is 3. The third-order valence-corrected chi connectivity index (χ3v) is 5.27. The van der Waals surface area contributed by atoms with Gasteiger partial charge in [0.2, 0.25) is 5.91 Å². The molecule has 1 aliphatic rings. The quantitative estimate of drug-likeness (QED) is 0.695. The van der Waals surface area contributed by atoms with Gasteiger partial charge in [0.15, 0.2) is 0 Å². The number of carbonyl (C=O) groups excluding carboxylic acids is 2. The standard InChI is InChI=1S/C18H25Cl2N3O2/c1-18(2,13-7-8-14(19)15(20)9-13)23-16(24)11-22-17(25)21-10-12-5-3-4-6-12/h7-9,12H,3-6,10-11H2,1-2H3,(H,23,24)(H2,21,22,25). The third-order valence-electron chi connectivity index (χ3n) is 4.53. The Morgan fingerprint density at radius 2 is 1.80 bits per heavy atom. The number of carbonyl (C=O) groups is 2. The van der Waals surface area contributed by atoms with Crippen LogP contribution in [0.25, 0.3) is 0 Å². The average Bonchev–Trinajstić information content (AvgIpc) is 3.06. The normalized spacial score (nSPS) is 15.0. The molecule has 138 valence electrons. The highest BCUT2D eigenvalue weighted by molar-refractivity contribution is 6.42. The topological polar surface area (TPSA) is 70.2 Å². The van der Waals surface area contributed by atoms with Gasteiger partial charge in [0, 0.05) is 6.54 Å². The molecule has 0 saturated heterocycles. The fraction of sp³-hybridized carbons (Fsp3) is 0.556. The summed E-state index contributed by atoms with van der Waals surface area (Å²) in [5, 5.41) is 9.21. The van der Waals surface area contributed by atoms with Gasteiger partial charge in [-0.15, -0.1) is 0 Å². The van der Waals surface area contributed by atoms with Crippen LogP contribution in [0.5, 0.6) is 0 Å². The first-order valence-electron chi connectivity index (χ1n) is 8.56. The largest absolute Gasteiger partial charge is 0.346 e. The highest BCUT2D eigenvalue weighted by Gasteiger charge is 2.24. The molecule has 3 amide bonds. The lowest BCUT2D eigenvalue weighted by molar-refractivity contribution is -0.121. The summed E-state index contributed by atoms with van der Waals surface area (Å²) in [5.41, 5.74) is 0.203.